The van der Waals surface area contributed by atoms with Gasteiger partial charge in [0, 0.05) is 24.0 Å². The van der Waals surface area contributed by atoms with Crippen molar-refractivity contribution < 1.29 is 0 Å². The van der Waals surface area contributed by atoms with Gasteiger partial charge in [0.1, 0.15) is 0 Å². The highest BCUT2D eigenvalue weighted by atomic mass is 79.9. The second kappa shape index (κ2) is 3.91. The molecule has 1 aliphatic carbocycles. The third kappa shape index (κ3) is 1.74. The van der Waals surface area contributed by atoms with Gasteiger partial charge in [0.15, 0.2) is 0 Å². The van der Waals surface area contributed by atoms with Gasteiger partial charge in [-0.05, 0) is 24.3 Å². The van der Waals surface area contributed by atoms with Gasteiger partial charge < -0.3 is 0 Å². The van der Waals surface area contributed by atoms with Gasteiger partial charge in [0.05, 0.1) is 0 Å². The van der Waals surface area contributed by atoms with Crippen LogP contribution in [-0.4, -0.2) is 22.3 Å². The Labute approximate surface area is 99.6 Å². The quantitative estimate of drug-likeness (QED) is 0.744. The number of halogens is 1. The molecular weight excluding hydrogens is 250 g/mol. The van der Waals surface area contributed by atoms with Crippen LogP contribution in [-0.2, 0) is 6.54 Å². The van der Waals surface area contributed by atoms with Gasteiger partial charge >= 0.3 is 0 Å². The molecule has 1 nitrogen and oxygen atoms in total. The van der Waals surface area contributed by atoms with Crippen LogP contribution < -0.4 is 0 Å². The number of alkyl halides is 1. The van der Waals surface area contributed by atoms with Crippen molar-refractivity contribution in [2.24, 2.45) is 5.92 Å². The van der Waals surface area contributed by atoms with Crippen molar-refractivity contribution in [2.75, 3.05) is 6.54 Å². The summed E-state index contributed by atoms with van der Waals surface area (Å²) in [5, 5.41) is 0. The van der Waals surface area contributed by atoms with Crippen LogP contribution in [0.2, 0.25) is 0 Å². The van der Waals surface area contributed by atoms with E-state index >= 15 is 0 Å². The highest BCUT2D eigenvalue weighted by Crippen LogP contribution is 2.42. The van der Waals surface area contributed by atoms with Crippen molar-refractivity contribution in [2.45, 2.75) is 30.3 Å². The minimum atomic E-state index is 0.751. The van der Waals surface area contributed by atoms with Crippen LogP contribution in [0.15, 0.2) is 30.3 Å². The van der Waals surface area contributed by atoms with Crippen molar-refractivity contribution in [3.63, 3.8) is 0 Å². The van der Waals surface area contributed by atoms with Crippen LogP contribution in [0, 0.1) is 5.92 Å². The molecule has 1 aliphatic heterocycles. The van der Waals surface area contributed by atoms with Crippen molar-refractivity contribution in [1.29, 1.82) is 0 Å². The van der Waals surface area contributed by atoms with Crippen LogP contribution in [0.3, 0.4) is 0 Å². The highest BCUT2D eigenvalue weighted by Gasteiger charge is 2.44. The van der Waals surface area contributed by atoms with Crippen LogP contribution >= 0.6 is 15.9 Å². The van der Waals surface area contributed by atoms with E-state index in [1.165, 1.54) is 24.9 Å². The van der Waals surface area contributed by atoms with Crippen molar-refractivity contribution >= 4 is 15.9 Å². The lowest BCUT2D eigenvalue weighted by Gasteiger charge is -2.26. The minimum absolute atomic E-state index is 0.751. The Morgan fingerprint density at radius 1 is 1.20 bits per heavy atom. The molecule has 0 radical (unpaired) electrons. The van der Waals surface area contributed by atoms with Gasteiger partial charge in [-0.2, -0.15) is 0 Å². The smallest absolute Gasteiger partial charge is 0.0342 e. The number of hydrogen-bond acceptors (Lipinski definition) is 1. The normalized spacial score (nSPS) is 34.9. The number of piperidine rings is 1. The number of benzene rings is 1. The summed E-state index contributed by atoms with van der Waals surface area (Å²) < 4.78 is 0. The van der Waals surface area contributed by atoms with Crippen LogP contribution in [0.4, 0.5) is 0 Å². The zero-order chi connectivity index (χ0) is 10.3. The second-order valence-corrected chi connectivity index (χ2v) is 5.82. The molecule has 15 heavy (non-hydrogen) atoms. The summed E-state index contributed by atoms with van der Waals surface area (Å²) >= 11 is 3.84. The van der Waals surface area contributed by atoms with Crippen LogP contribution in [0.1, 0.15) is 18.4 Å². The number of rotatable bonds is 2. The average Bonchev–Trinajstić information content (AvgIpc) is 2.75. The molecule has 0 spiro atoms. The lowest BCUT2D eigenvalue weighted by atomic mass is 10.1. The van der Waals surface area contributed by atoms with Gasteiger partial charge in [0.25, 0.3) is 0 Å². The lowest BCUT2D eigenvalue weighted by Crippen LogP contribution is -2.32. The van der Waals surface area contributed by atoms with E-state index in [-0.39, 0.29) is 0 Å². The molecule has 2 heteroatoms. The Kier molecular flexibility index (Phi) is 2.57. The van der Waals surface area contributed by atoms with Crippen LogP contribution in [0.5, 0.6) is 0 Å². The Morgan fingerprint density at radius 3 is 2.60 bits per heavy atom. The van der Waals surface area contributed by atoms with Gasteiger partial charge in [0.2, 0.25) is 0 Å². The second-order valence-electron chi connectivity index (χ2n) is 4.76. The van der Waals surface area contributed by atoms with E-state index in [2.05, 4.69) is 51.2 Å². The van der Waals surface area contributed by atoms with E-state index in [1.54, 1.807) is 0 Å². The predicted octanol–water partition coefficient (Wildman–Crippen LogP) is 3.04. The Morgan fingerprint density at radius 2 is 2.00 bits per heavy atom. The highest BCUT2D eigenvalue weighted by molar-refractivity contribution is 9.09. The molecule has 80 valence electrons. The lowest BCUT2D eigenvalue weighted by molar-refractivity contribution is 0.206. The summed E-state index contributed by atoms with van der Waals surface area (Å²) in [5.41, 5.74) is 1.45. The van der Waals surface area contributed by atoms with E-state index in [4.69, 9.17) is 0 Å². The van der Waals surface area contributed by atoms with Gasteiger partial charge in [-0.25, -0.2) is 0 Å². The average molecular weight is 266 g/mol. The SMILES string of the molecule is Br[C@@H]1[C@H]2CC[C@H]1N(Cc1ccccc1)C2. The molecular formula is C13H16BrN. The molecule has 3 atom stereocenters. The maximum absolute atomic E-state index is 3.84. The monoisotopic (exact) mass is 265 g/mol. The molecule has 2 aliphatic rings. The Bertz CT molecular complexity index is 338. The summed E-state index contributed by atoms with van der Waals surface area (Å²) in [6.45, 7) is 2.42. The molecule has 1 aromatic rings. The topological polar surface area (TPSA) is 3.24 Å². The van der Waals surface area contributed by atoms with Crippen molar-refractivity contribution in [3.8, 4) is 0 Å². The van der Waals surface area contributed by atoms with Gasteiger partial charge in [-0.1, -0.05) is 46.3 Å². The Balaban J connectivity index is 1.71. The largest absolute Gasteiger partial charge is 0.295 e. The molecule has 0 aromatic heterocycles. The number of likely N-dealkylation sites (tertiary alicyclic amines) is 1. The zero-order valence-electron chi connectivity index (χ0n) is 8.77. The molecule has 0 N–H and O–H groups in total. The molecule has 1 saturated heterocycles. The van der Waals surface area contributed by atoms with Crippen LogP contribution in [0.25, 0.3) is 0 Å². The number of fused-ring (bicyclic) bond motifs is 2. The third-order valence-electron chi connectivity index (χ3n) is 3.82. The number of hydrogen-bond donors (Lipinski definition) is 0. The first-order chi connectivity index (χ1) is 7.34. The Hall–Kier alpha value is -0.340. The molecule has 1 aromatic carbocycles. The third-order valence-corrected chi connectivity index (χ3v) is 5.18. The summed E-state index contributed by atoms with van der Waals surface area (Å²) in [6, 6.07) is 11.6. The van der Waals surface area contributed by atoms with E-state index < -0.39 is 0 Å². The van der Waals surface area contributed by atoms with E-state index in [9.17, 15) is 0 Å². The molecule has 1 saturated carbocycles. The van der Waals surface area contributed by atoms with Crippen molar-refractivity contribution in [1.82, 2.24) is 4.90 Å². The van der Waals surface area contributed by atoms with E-state index in [0.717, 1.165) is 23.3 Å². The van der Waals surface area contributed by atoms with Crippen molar-refractivity contribution in [3.05, 3.63) is 35.9 Å². The van der Waals surface area contributed by atoms with Gasteiger partial charge in [-0.3, -0.25) is 4.90 Å². The van der Waals surface area contributed by atoms with E-state index in [0.29, 0.717) is 0 Å². The fourth-order valence-electron chi connectivity index (χ4n) is 3.03. The first kappa shape index (κ1) is 9.86. The first-order valence-corrected chi connectivity index (χ1v) is 6.68. The minimum Gasteiger partial charge on any atom is -0.295 e. The summed E-state index contributed by atoms with van der Waals surface area (Å²) in [5.74, 6) is 0.902. The predicted molar refractivity (Wildman–Crippen MR) is 66.1 cm³/mol. The fraction of sp³-hybridized carbons (Fsp3) is 0.538. The first-order valence-electron chi connectivity index (χ1n) is 5.76. The maximum Gasteiger partial charge on any atom is 0.0342 e. The molecule has 2 fully saturated rings. The van der Waals surface area contributed by atoms with Gasteiger partial charge in [-0.15, -0.1) is 0 Å². The molecule has 1 heterocycles. The maximum atomic E-state index is 3.84. The summed E-state index contributed by atoms with van der Waals surface area (Å²) in [7, 11) is 0. The summed E-state index contributed by atoms with van der Waals surface area (Å²) in [6.07, 6.45) is 2.80. The standard InChI is InChI=1S/C13H16BrN/c14-13-11-6-7-12(13)15(9-11)8-10-4-2-1-3-5-10/h1-5,11-13H,6-9H2/t11-,12+,13+/m0/s1. The molecule has 3 rings (SSSR count). The summed E-state index contributed by atoms with van der Waals surface area (Å²) in [4.78, 5) is 3.39. The fourth-order valence-corrected chi connectivity index (χ4v) is 4.06. The zero-order valence-corrected chi connectivity index (χ0v) is 10.4. The molecule has 0 amide bonds. The number of nitrogens with zero attached hydrogens (tertiary/aromatic N) is 1. The molecule has 0 unspecified atom stereocenters. The molecule has 2 bridgehead atoms. The van der Waals surface area contributed by atoms with E-state index in [1.807, 2.05) is 0 Å².